The zero-order valence-corrected chi connectivity index (χ0v) is 7.82. The molecule has 0 spiro atoms. The molecular formula is C7H6N6S. The first kappa shape index (κ1) is 8.70. The topological polar surface area (TPSA) is 79.4 Å². The molecule has 2 aromatic rings. The maximum absolute atomic E-state index is 5.07. The van der Waals surface area contributed by atoms with Gasteiger partial charge in [0.05, 0.1) is 5.69 Å². The summed E-state index contributed by atoms with van der Waals surface area (Å²) >= 11 is 5.07. The molecule has 70 valence electrons. The second-order valence-electron chi connectivity index (χ2n) is 2.40. The summed E-state index contributed by atoms with van der Waals surface area (Å²) < 4.78 is 0. The average Bonchev–Trinajstić information content (AvgIpc) is 2.72. The van der Waals surface area contributed by atoms with Gasteiger partial charge < -0.3 is 5.32 Å². The summed E-state index contributed by atoms with van der Waals surface area (Å²) in [6.45, 7) is 0. The van der Waals surface area contributed by atoms with Crippen molar-refractivity contribution >= 4 is 23.2 Å². The normalized spacial score (nSPS) is 9.71. The minimum absolute atomic E-state index is 0.334. The van der Waals surface area contributed by atoms with Crippen molar-refractivity contribution in [2.75, 3.05) is 5.32 Å². The second kappa shape index (κ2) is 3.88. The molecule has 0 saturated heterocycles. The van der Waals surface area contributed by atoms with Gasteiger partial charge in [-0.2, -0.15) is 5.21 Å². The smallest absolute Gasteiger partial charge is 0.268 e. The van der Waals surface area contributed by atoms with Crippen LogP contribution in [0.25, 0.3) is 0 Å². The number of anilines is 1. The molecule has 2 rings (SSSR count). The van der Waals surface area contributed by atoms with Gasteiger partial charge in [-0.25, -0.2) is 0 Å². The van der Waals surface area contributed by atoms with E-state index in [1.807, 2.05) is 12.1 Å². The zero-order valence-electron chi connectivity index (χ0n) is 7.01. The van der Waals surface area contributed by atoms with Crippen LogP contribution in [0.4, 0.5) is 5.95 Å². The number of hydrogen-bond donors (Lipinski definition) is 2. The molecule has 0 saturated carbocycles. The summed E-state index contributed by atoms with van der Waals surface area (Å²) in [6.07, 6.45) is 1.67. The summed E-state index contributed by atoms with van der Waals surface area (Å²) in [5.74, 6) is 0.334. The van der Waals surface area contributed by atoms with Gasteiger partial charge in [-0.3, -0.25) is 4.98 Å². The monoisotopic (exact) mass is 206 g/mol. The molecule has 0 amide bonds. The van der Waals surface area contributed by atoms with Crippen LogP contribution in [0.5, 0.6) is 0 Å². The Morgan fingerprint density at radius 3 is 3.00 bits per heavy atom. The number of nitrogens with zero attached hydrogens (tertiary/aromatic N) is 4. The highest BCUT2D eigenvalue weighted by molar-refractivity contribution is 7.81. The van der Waals surface area contributed by atoms with Crippen LogP contribution in [0.1, 0.15) is 5.69 Å². The molecule has 0 fully saturated rings. The Balaban J connectivity index is 2.11. The Labute approximate surface area is 84.8 Å². The SMILES string of the molecule is S=C(Nc1nn[nH]n1)c1ccccn1. The quantitative estimate of drug-likeness (QED) is 0.692. The lowest BCUT2D eigenvalue weighted by molar-refractivity contribution is 0.881. The summed E-state index contributed by atoms with van der Waals surface area (Å²) in [5, 5.41) is 15.9. The van der Waals surface area contributed by atoms with Gasteiger partial charge in [0.15, 0.2) is 0 Å². The molecule has 2 aromatic heterocycles. The lowest BCUT2D eigenvalue weighted by Gasteiger charge is -2.01. The summed E-state index contributed by atoms with van der Waals surface area (Å²) in [5.41, 5.74) is 0.673. The lowest BCUT2D eigenvalue weighted by Crippen LogP contribution is -2.13. The average molecular weight is 206 g/mol. The predicted octanol–water partition coefficient (Wildman–Crippen LogP) is 0.382. The molecule has 0 aliphatic carbocycles. The van der Waals surface area contributed by atoms with Gasteiger partial charge in [-0.1, -0.05) is 23.4 Å². The maximum Gasteiger partial charge on any atom is 0.268 e. The van der Waals surface area contributed by atoms with E-state index in [-0.39, 0.29) is 0 Å². The predicted molar refractivity (Wildman–Crippen MR) is 53.7 cm³/mol. The number of thiocarbonyl (C=S) groups is 1. The summed E-state index contributed by atoms with van der Waals surface area (Å²) in [7, 11) is 0. The van der Waals surface area contributed by atoms with E-state index in [9.17, 15) is 0 Å². The van der Waals surface area contributed by atoms with E-state index >= 15 is 0 Å². The first-order valence-corrected chi connectivity index (χ1v) is 4.23. The number of nitrogens with one attached hydrogen (secondary N) is 2. The molecule has 2 N–H and O–H groups in total. The fraction of sp³-hybridized carbons (Fsp3) is 0. The van der Waals surface area contributed by atoms with Crippen LogP contribution in [0.3, 0.4) is 0 Å². The Hall–Kier alpha value is -1.89. The number of pyridine rings is 1. The molecule has 0 aliphatic heterocycles. The minimum Gasteiger partial charge on any atom is -0.311 e. The van der Waals surface area contributed by atoms with Gasteiger partial charge in [-0.15, -0.1) is 5.10 Å². The van der Waals surface area contributed by atoms with E-state index in [4.69, 9.17) is 12.2 Å². The van der Waals surface area contributed by atoms with E-state index in [2.05, 4.69) is 30.9 Å². The van der Waals surface area contributed by atoms with Crippen molar-refractivity contribution in [1.82, 2.24) is 25.6 Å². The van der Waals surface area contributed by atoms with Crippen LogP contribution in [0.15, 0.2) is 24.4 Å². The number of aromatic amines is 1. The first-order valence-electron chi connectivity index (χ1n) is 3.82. The molecule has 0 atom stereocenters. The van der Waals surface area contributed by atoms with Crippen LogP contribution in [0.2, 0.25) is 0 Å². The van der Waals surface area contributed by atoms with Crippen LogP contribution >= 0.6 is 12.2 Å². The molecule has 14 heavy (non-hydrogen) atoms. The third-order valence-corrected chi connectivity index (χ3v) is 1.78. The van der Waals surface area contributed by atoms with Gasteiger partial charge in [0.1, 0.15) is 4.99 Å². The Morgan fingerprint density at radius 1 is 1.43 bits per heavy atom. The standard InChI is InChI=1S/C7H6N6S/c14-6(5-3-1-2-4-8-5)9-7-10-12-13-11-7/h1-4H,(H2,9,10,11,12,13,14). The first-order chi connectivity index (χ1) is 6.86. The van der Waals surface area contributed by atoms with Gasteiger partial charge in [0, 0.05) is 6.20 Å². The van der Waals surface area contributed by atoms with E-state index in [1.54, 1.807) is 12.3 Å². The summed E-state index contributed by atoms with van der Waals surface area (Å²) in [4.78, 5) is 4.53. The number of H-pyrrole nitrogens is 1. The molecular weight excluding hydrogens is 200 g/mol. The van der Waals surface area contributed by atoms with Crippen molar-refractivity contribution in [2.45, 2.75) is 0 Å². The van der Waals surface area contributed by atoms with E-state index < -0.39 is 0 Å². The second-order valence-corrected chi connectivity index (χ2v) is 2.81. The van der Waals surface area contributed by atoms with E-state index in [0.717, 1.165) is 0 Å². The van der Waals surface area contributed by atoms with Gasteiger partial charge in [0.2, 0.25) is 0 Å². The van der Waals surface area contributed by atoms with Gasteiger partial charge in [0.25, 0.3) is 5.95 Å². The van der Waals surface area contributed by atoms with Crippen LogP contribution in [0, 0.1) is 0 Å². The Kier molecular flexibility index (Phi) is 2.41. The molecule has 0 aromatic carbocycles. The van der Waals surface area contributed by atoms with Gasteiger partial charge >= 0.3 is 0 Å². The van der Waals surface area contributed by atoms with Crippen LogP contribution in [-0.4, -0.2) is 30.6 Å². The Morgan fingerprint density at radius 2 is 2.36 bits per heavy atom. The van der Waals surface area contributed by atoms with Crippen molar-refractivity contribution in [2.24, 2.45) is 0 Å². The highest BCUT2D eigenvalue weighted by atomic mass is 32.1. The minimum atomic E-state index is 0.334. The van der Waals surface area contributed by atoms with Crippen LogP contribution in [-0.2, 0) is 0 Å². The summed E-state index contributed by atoms with van der Waals surface area (Å²) in [6, 6.07) is 5.47. The van der Waals surface area contributed by atoms with Crippen molar-refractivity contribution in [3.8, 4) is 0 Å². The van der Waals surface area contributed by atoms with Crippen molar-refractivity contribution in [3.63, 3.8) is 0 Å². The molecule has 0 bridgehead atoms. The molecule has 7 heteroatoms. The zero-order chi connectivity index (χ0) is 9.80. The third-order valence-electron chi connectivity index (χ3n) is 1.47. The molecule has 0 radical (unpaired) electrons. The fourth-order valence-corrected chi connectivity index (χ4v) is 1.09. The number of aromatic nitrogens is 5. The fourth-order valence-electron chi connectivity index (χ4n) is 0.877. The van der Waals surface area contributed by atoms with Crippen molar-refractivity contribution < 1.29 is 0 Å². The van der Waals surface area contributed by atoms with Gasteiger partial charge in [-0.05, 0) is 17.3 Å². The maximum atomic E-state index is 5.07. The van der Waals surface area contributed by atoms with Crippen molar-refractivity contribution in [1.29, 1.82) is 0 Å². The highest BCUT2D eigenvalue weighted by Gasteiger charge is 2.04. The molecule has 0 unspecified atom stereocenters. The van der Waals surface area contributed by atoms with E-state index in [1.165, 1.54) is 0 Å². The van der Waals surface area contributed by atoms with Crippen LogP contribution < -0.4 is 5.32 Å². The molecule has 6 nitrogen and oxygen atoms in total. The lowest BCUT2D eigenvalue weighted by atomic mass is 10.3. The Bertz CT molecular complexity index is 411. The molecule has 2 heterocycles. The largest absolute Gasteiger partial charge is 0.311 e. The van der Waals surface area contributed by atoms with Crippen molar-refractivity contribution in [3.05, 3.63) is 30.1 Å². The highest BCUT2D eigenvalue weighted by Crippen LogP contribution is 1.99. The third kappa shape index (κ3) is 1.88. The number of hydrogen-bond acceptors (Lipinski definition) is 5. The molecule has 0 aliphatic rings. The van der Waals surface area contributed by atoms with E-state index in [0.29, 0.717) is 16.6 Å². The number of rotatable bonds is 2. The number of tetrazole rings is 1.